The van der Waals surface area contributed by atoms with E-state index in [1.165, 1.54) is 19.2 Å². The summed E-state index contributed by atoms with van der Waals surface area (Å²) < 4.78 is 35.2. The van der Waals surface area contributed by atoms with Gasteiger partial charge >= 0.3 is 11.9 Å². The molecule has 0 spiro atoms. The van der Waals surface area contributed by atoms with Crippen molar-refractivity contribution in [3.8, 4) is 16.9 Å². The molecule has 6 rings (SSSR count). The van der Waals surface area contributed by atoms with Crippen LogP contribution >= 0.6 is 11.6 Å². The zero-order valence-electron chi connectivity index (χ0n) is 31.1. The molecule has 0 aliphatic carbocycles. The van der Waals surface area contributed by atoms with E-state index in [9.17, 15) is 14.0 Å². The molecule has 0 atom stereocenters. The number of rotatable bonds is 11. The molecule has 276 valence electrons. The molecule has 9 nitrogen and oxygen atoms in total. The maximum Gasteiger partial charge on any atom is 0.355 e. The minimum atomic E-state index is -0.723. The molecule has 0 bridgehead atoms. The van der Waals surface area contributed by atoms with E-state index >= 15 is 0 Å². The number of hydrogen-bond donors (Lipinski definition) is 0. The smallest absolute Gasteiger partial charge is 0.355 e. The molecule has 3 heterocycles. The first-order chi connectivity index (χ1) is 24.8. The summed E-state index contributed by atoms with van der Waals surface area (Å²) in [5.74, 6) is -0.274. The quantitative estimate of drug-likeness (QED) is 0.0996. The molecule has 0 radical (unpaired) electrons. The lowest BCUT2D eigenvalue weighted by Gasteiger charge is -2.31. The van der Waals surface area contributed by atoms with Crippen molar-refractivity contribution in [2.75, 3.05) is 33.4 Å². The fourth-order valence-corrected chi connectivity index (χ4v) is 7.73. The van der Waals surface area contributed by atoms with Crippen LogP contribution in [0.5, 0.6) is 5.75 Å². The number of methoxy groups -OCH3 is 1. The number of carbonyl (C=O) groups excluding carboxylic acids is 2. The Balaban J connectivity index is 1.41. The average Bonchev–Trinajstić information content (AvgIpc) is 3.55. The van der Waals surface area contributed by atoms with Crippen molar-refractivity contribution in [3.05, 3.63) is 82.0 Å². The Kier molecular flexibility index (Phi) is 11.0. The highest BCUT2D eigenvalue weighted by Gasteiger charge is 2.32. The molecular formula is C41H48ClFN4O5. The molecule has 0 N–H and O–H groups in total. The van der Waals surface area contributed by atoms with Crippen LogP contribution in [-0.4, -0.2) is 70.1 Å². The van der Waals surface area contributed by atoms with E-state index in [0.717, 1.165) is 75.7 Å². The number of aryl methyl sites for hydroxylation is 3. The van der Waals surface area contributed by atoms with Crippen LogP contribution < -0.4 is 4.74 Å². The van der Waals surface area contributed by atoms with Crippen molar-refractivity contribution in [2.24, 2.45) is 13.0 Å². The maximum absolute atomic E-state index is 14.4. The number of likely N-dealkylation sites (tertiary alicyclic amines) is 1. The van der Waals surface area contributed by atoms with Gasteiger partial charge in [-0.3, -0.25) is 9.48 Å². The van der Waals surface area contributed by atoms with E-state index in [2.05, 4.69) is 9.47 Å². The predicted octanol–water partition coefficient (Wildman–Crippen LogP) is 8.46. The fraction of sp³-hybridized carbons (Fsp3) is 0.439. The third-order valence-electron chi connectivity index (χ3n) is 10.0. The van der Waals surface area contributed by atoms with E-state index < -0.39 is 11.6 Å². The lowest BCUT2D eigenvalue weighted by molar-refractivity contribution is -0.147. The SMILES string of the molecule is COC(=O)C1CCN(CCn2c(C(=O)OC(C)(C)C)c(CCCOc3cccc4cc(F)ccc34)c3ccc(Cl)c(-c4c(C)nn(C)c4C)c32)CC1. The van der Waals surface area contributed by atoms with E-state index in [-0.39, 0.29) is 17.7 Å². The molecule has 0 amide bonds. The van der Waals surface area contributed by atoms with Gasteiger partial charge in [0.2, 0.25) is 0 Å². The van der Waals surface area contributed by atoms with Gasteiger partial charge in [0.05, 0.1) is 35.9 Å². The first-order valence-corrected chi connectivity index (χ1v) is 18.3. The lowest BCUT2D eigenvalue weighted by atomic mass is 9.97. The third kappa shape index (κ3) is 7.69. The Morgan fingerprint density at radius 2 is 1.73 bits per heavy atom. The van der Waals surface area contributed by atoms with Gasteiger partial charge in [-0.05, 0) is 115 Å². The first-order valence-electron chi connectivity index (χ1n) is 18.0. The molecular weight excluding hydrogens is 683 g/mol. The maximum atomic E-state index is 14.4. The lowest BCUT2D eigenvalue weighted by Crippen LogP contribution is -2.38. The molecule has 1 fully saturated rings. The summed E-state index contributed by atoms with van der Waals surface area (Å²) >= 11 is 7.11. The Hall–Kier alpha value is -4.41. The second kappa shape index (κ2) is 15.3. The van der Waals surface area contributed by atoms with E-state index in [0.29, 0.717) is 49.0 Å². The van der Waals surface area contributed by atoms with Gasteiger partial charge in [0.1, 0.15) is 22.9 Å². The second-order valence-electron chi connectivity index (χ2n) is 14.7. The Morgan fingerprint density at radius 1 is 1.00 bits per heavy atom. The first kappa shape index (κ1) is 37.4. The van der Waals surface area contributed by atoms with Gasteiger partial charge in [-0.25, -0.2) is 9.18 Å². The fourth-order valence-electron chi connectivity index (χ4n) is 7.48. The van der Waals surface area contributed by atoms with Crippen LogP contribution in [0.25, 0.3) is 32.8 Å². The van der Waals surface area contributed by atoms with Crippen molar-refractivity contribution in [1.29, 1.82) is 0 Å². The van der Waals surface area contributed by atoms with Crippen molar-refractivity contribution in [2.45, 2.75) is 72.4 Å². The number of benzene rings is 3. The van der Waals surface area contributed by atoms with Crippen molar-refractivity contribution in [3.63, 3.8) is 0 Å². The van der Waals surface area contributed by atoms with Crippen molar-refractivity contribution in [1.82, 2.24) is 19.2 Å². The highest BCUT2D eigenvalue weighted by molar-refractivity contribution is 6.35. The zero-order valence-corrected chi connectivity index (χ0v) is 31.9. The number of halogens is 2. The minimum Gasteiger partial charge on any atom is -0.493 e. The largest absolute Gasteiger partial charge is 0.493 e. The van der Waals surface area contributed by atoms with Gasteiger partial charge in [0, 0.05) is 47.7 Å². The van der Waals surface area contributed by atoms with E-state index in [4.69, 9.17) is 30.9 Å². The molecule has 11 heteroatoms. The summed E-state index contributed by atoms with van der Waals surface area (Å²) in [7, 11) is 3.36. The number of piperidine rings is 1. The molecule has 52 heavy (non-hydrogen) atoms. The van der Waals surface area contributed by atoms with Crippen LogP contribution in [0.1, 0.15) is 67.5 Å². The standard InChI is InChI=1S/C41H48ClFN4O5/c1-25-35(26(2)45(6)44-25)36-33(42)16-15-32-31(11-9-23-51-34-12-8-10-28-24-29(43)13-14-30(28)34)38(40(49)52-41(3,4)5)47(37(32)36)22-21-46-19-17-27(18-20-46)39(48)50-7/h8,10,12-16,24,27H,9,11,17-23H2,1-7H3. The van der Waals surface area contributed by atoms with Gasteiger partial charge in [0.15, 0.2) is 0 Å². The predicted molar refractivity (Wildman–Crippen MR) is 203 cm³/mol. The monoisotopic (exact) mass is 730 g/mol. The van der Waals surface area contributed by atoms with Crippen LogP contribution in [0.4, 0.5) is 4.39 Å². The molecule has 1 saturated heterocycles. The van der Waals surface area contributed by atoms with Gasteiger partial charge in [-0.15, -0.1) is 0 Å². The average molecular weight is 731 g/mol. The molecule has 3 aromatic carbocycles. The topological polar surface area (TPSA) is 87.8 Å². The second-order valence-corrected chi connectivity index (χ2v) is 15.1. The van der Waals surface area contributed by atoms with E-state index in [1.807, 2.05) is 76.7 Å². The highest BCUT2D eigenvalue weighted by atomic mass is 35.5. The molecule has 2 aromatic heterocycles. The number of nitrogens with zero attached hydrogens (tertiary/aromatic N) is 4. The summed E-state index contributed by atoms with van der Waals surface area (Å²) in [6, 6.07) is 14.2. The van der Waals surface area contributed by atoms with Crippen LogP contribution in [0.3, 0.4) is 0 Å². The number of esters is 2. The van der Waals surface area contributed by atoms with Crippen molar-refractivity contribution >= 4 is 45.2 Å². The summed E-state index contributed by atoms with van der Waals surface area (Å²) in [4.78, 5) is 28.9. The number of hydrogen-bond acceptors (Lipinski definition) is 7. The summed E-state index contributed by atoms with van der Waals surface area (Å²) in [6.45, 7) is 12.7. The Morgan fingerprint density at radius 3 is 2.40 bits per heavy atom. The number of carbonyl (C=O) groups is 2. The van der Waals surface area contributed by atoms with E-state index in [1.54, 1.807) is 6.07 Å². The van der Waals surface area contributed by atoms with Crippen LogP contribution in [-0.2, 0) is 34.3 Å². The Labute approximate surface area is 309 Å². The minimum absolute atomic E-state index is 0.100. The van der Waals surface area contributed by atoms with Gasteiger partial charge in [-0.2, -0.15) is 5.10 Å². The number of fused-ring (bicyclic) bond motifs is 2. The molecule has 5 aromatic rings. The normalized spacial score (nSPS) is 14.3. The Bertz CT molecular complexity index is 2120. The van der Waals surface area contributed by atoms with Gasteiger partial charge < -0.3 is 23.7 Å². The van der Waals surface area contributed by atoms with Crippen LogP contribution in [0.2, 0.25) is 5.02 Å². The molecule has 1 aliphatic heterocycles. The van der Waals surface area contributed by atoms with Crippen LogP contribution in [0.15, 0.2) is 48.5 Å². The van der Waals surface area contributed by atoms with Crippen LogP contribution in [0, 0.1) is 25.6 Å². The number of ether oxygens (including phenoxy) is 3. The highest BCUT2D eigenvalue weighted by Crippen LogP contribution is 2.42. The summed E-state index contributed by atoms with van der Waals surface area (Å²) in [5.41, 5.74) is 5.09. The molecule has 0 saturated carbocycles. The van der Waals surface area contributed by atoms with Crippen molar-refractivity contribution < 1.29 is 28.2 Å². The molecule has 0 unspecified atom stereocenters. The summed E-state index contributed by atoms with van der Waals surface area (Å²) in [6.07, 6.45) is 2.59. The molecule has 1 aliphatic rings. The van der Waals surface area contributed by atoms with Gasteiger partial charge in [0.25, 0.3) is 0 Å². The van der Waals surface area contributed by atoms with Gasteiger partial charge in [-0.1, -0.05) is 29.8 Å². The summed E-state index contributed by atoms with van der Waals surface area (Å²) in [5, 5.41) is 7.82. The third-order valence-corrected chi connectivity index (χ3v) is 10.3. The number of aromatic nitrogens is 3. The zero-order chi connectivity index (χ0) is 37.3.